The minimum Gasteiger partial charge on any atom is -0.354 e. The van der Waals surface area contributed by atoms with Gasteiger partial charge in [-0.2, -0.15) is 0 Å². The minimum absolute atomic E-state index is 0.166. The van der Waals surface area contributed by atoms with E-state index in [4.69, 9.17) is 11.6 Å². The van der Waals surface area contributed by atoms with Gasteiger partial charge in [0.1, 0.15) is 6.54 Å². The Morgan fingerprint density at radius 2 is 1.76 bits per heavy atom. The van der Waals surface area contributed by atoms with Crippen molar-refractivity contribution in [2.45, 2.75) is 18.2 Å². The van der Waals surface area contributed by atoms with Gasteiger partial charge >= 0.3 is 17.8 Å². The summed E-state index contributed by atoms with van der Waals surface area (Å²) in [5.74, 6) is -1.69. The van der Waals surface area contributed by atoms with Gasteiger partial charge in [-0.25, -0.2) is 9.69 Å². The number of hydrogen-bond acceptors (Lipinski definition) is 5. The van der Waals surface area contributed by atoms with E-state index in [1.54, 1.807) is 19.1 Å². The van der Waals surface area contributed by atoms with E-state index < -0.39 is 30.3 Å². The Morgan fingerprint density at radius 1 is 1.12 bits per heavy atom. The molecule has 1 fully saturated rings. The number of imide groups is 2. The fraction of sp³-hybridized carbons (Fsp3) is 0.375. The highest BCUT2D eigenvalue weighted by Gasteiger charge is 2.44. The van der Waals surface area contributed by atoms with Crippen molar-refractivity contribution in [3.05, 3.63) is 29.3 Å². The van der Waals surface area contributed by atoms with Crippen LogP contribution in [-0.2, 0) is 14.4 Å². The van der Waals surface area contributed by atoms with Gasteiger partial charge in [-0.3, -0.25) is 19.3 Å². The van der Waals surface area contributed by atoms with Crippen LogP contribution in [0.15, 0.2) is 29.2 Å². The van der Waals surface area contributed by atoms with Crippen LogP contribution in [0.25, 0.3) is 0 Å². The molecule has 1 aromatic carbocycles. The van der Waals surface area contributed by atoms with Gasteiger partial charge < -0.3 is 5.32 Å². The van der Waals surface area contributed by atoms with Crippen molar-refractivity contribution in [1.82, 2.24) is 15.1 Å². The minimum atomic E-state index is -0.955. The average molecular weight is 384 g/mol. The van der Waals surface area contributed by atoms with Gasteiger partial charge in [0.15, 0.2) is 0 Å². The summed E-state index contributed by atoms with van der Waals surface area (Å²) < 4.78 is 0. The SMILES string of the molecule is CCCN1C(=O)C(=O)N(CC(=O)NCCSc2ccc(Cl)cc2)C1=O. The molecule has 1 saturated heterocycles. The lowest BCUT2D eigenvalue weighted by molar-refractivity contribution is -0.144. The third kappa shape index (κ3) is 4.96. The topological polar surface area (TPSA) is 86.8 Å². The second kappa shape index (κ2) is 8.87. The van der Waals surface area contributed by atoms with Crippen LogP contribution in [0.4, 0.5) is 4.79 Å². The summed E-state index contributed by atoms with van der Waals surface area (Å²) in [7, 11) is 0. The first-order chi connectivity index (χ1) is 11.9. The molecule has 2 rings (SSSR count). The Hall–Kier alpha value is -2.06. The number of carbonyl (C=O) groups is 4. The van der Waals surface area contributed by atoms with E-state index in [1.807, 2.05) is 12.1 Å². The second-order valence-corrected chi connectivity index (χ2v) is 6.89. The van der Waals surface area contributed by atoms with Crippen molar-refractivity contribution in [3.8, 4) is 0 Å². The number of halogens is 1. The molecule has 0 atom stereocenters. The molecule has 1 aromatic rings. The van der Waals surface area contributed by atoms with Crippen molar-refractivity contribution in [2.75, 3.05) is 25.4 Å². The first-order valence-corrected chi connectivity index (χ1v) is 9.12. The van der Waals surface area contributed by atoms with Gasteiger partial charge in [0.2, 0.25) is 5.91 Å². The largest absolute Gasteiger partial charge is 0.354 e. The Kier molecular flexibility index (Phi) is 6.83. The number of benzene rings is 1. The molecule has 9 heteroatoms. The van der Waals surface area contributed by atoms with Crippen LogP contribution in [0.2, 0.25) is 5.02 Å². The van der Waals surface area contributed by atoms with E-state index in [-0.39, 0.29) is 6.54 Å². The number of thioether (sulfide) groups is 1. The lowest BCUT2D eigenvalue weighted by Crippen LogP contribution is -2.42. The van der Waals surface area contributed by atoms with Gasteiger partial charge in [0.05, 0.1) is 0 Å². The molecule has 134 valence electrons. The molecule has 1 aliphatic heterocycles. The molecule has 0 bridgehead atoms. The summed E-state index contributed by atoms with van der Waals surface area (Å²) in [4.78, 5) is 50.0. The number of nitrogens with zero attached hydrogens (tertiary/aromatic N) is 2. The highest BCUT2D eigenvalue weighted by atomic mass is 35.5. The Bertz CT molecular complexity index is 680. The van der Waals surface area contributed by atoms with E-state index in [1.165, 1.54) is 11.8 Å². The van der Waals surface area contributed by atoms with Crippen LogP contribution < -0.4 is 5.32 Å². The van der Waals surface area contributed by atoms with Gasteiger partial charge in [0.25, 0.3) is 0 Å². The average Bonchev–Trinajstić information content (AvgIpc) is 2.78. The van der Waals surface area contributed by atoms with Gasteiger partial charge in [0, 0.05) is 28.8 Å². The van der Waals surface area contributed by atoms with E-state index in [2.05, 4.69) is 5.32 Å². The zero-order valence-corrected chi connectivity index (χ0v) is 15.2. The van der Waals surface area contributed by atoms with Crippen molar-refractivity contribution in [1.29, 1.82) is 0 Å². The molecule has 0 aliphatic carbocycles. The lowest BCUT2D eigenvalue weighted by atomic mass is 10.4. The fourth-order valence-corrected chi connectivity index (χ4v) is 3.09. The summed E-state index contributed by atoms with van der Waals surface area (Å²) in [6, 6.07) is 6.59. The first-order valence-electron chi connectivity index (χ1n) is 7.76. The molecule has 1 heterocycles. The highest BCUT2D eigenvalue weighted by Crippen LogP contribution is 2.19. The maximum atomic E-state index is 12.0. The second-order valence-electron chi connectivity index (χ2n) is 5.28. The summed E-state index contributed by atoms with van der Waals surface area (Å²) in [6.07, 6.45) is 0.548. The number of amides is 5. The Balaban J connectivity index is 1.76. The van der Waals surface area contributed by atoms with Crippen LogP contribution in [0.5, 0.6) is 0 Å². The molecular weight excluding hydrogens is 366 g/mol. The first kappa shape index (κ1) is 19.3. The molecule has 0 radical (unpaired) electrons. The number of hydrogen-bond donors (Lipinski definition) is 1. The molecular formula is C16H18ClN3O4S. The third-order valence-corrected chi connectivity index (χ3v) is 4.66. The summed E-state index contributed by atoms with van der Waals surface area (Å²) in [6.45, 7) is 1.88. The molecule has 5 amide bonds. The van der Waals surface area contributed by atoms with Gasteiger partial charge in [-0.05, 0) is 30.7 Å². The number of urea groups is 1. The molecule has 25 heavy (non-hydrogen) atoms. The summed E-state index contributed by atoms with van der Waals surface area (Å²) in [5.41, 5.74) is 0. The van der Waals surface area contributed by atoms with E-state index in [0.29, 0.717) is 28.6 Å². The van der Waals surface area contributed by atoms with Crippen molar-refractivity contribution >= 4 is 47.1 Å². The zero-order chi connectivity index (χ0) is 18.4. The van der Waals surface area contributed by atoms with Crippen LogP contribution in [0, 0.1) is 0 Å². The predicted octanol–water partition coefficient (Wildman–Crippen LogP) is 1.75. The highest BCUT2D eigenvalue weighted by molar-refractivity contribution is 7.99. The van der Waals surface area contributed by atoms with Crippen LogP contribution >= 0.6 is 23.4 Å². The van der Waals surface area contributed by atoms with Crippen LogP contribution in [0.3, 0.4) is 0 Å². The smallest absolute Gasteiger partial charge is 0.334 e. The summed E-state index contributed by atoms with van der Waals surface area (Å²) >= 11 is 7.35. The van der Waals surface area contributed by atoms with Crippen LogP contribution in [0.1, 0.15) is 13.3 Å². The number of nitrogens with one attached hydrogen (secondary N) is 1. The molecule has 7 nitrogen and oxygen atoms in total. The lowest BCUT2D eigenvalue weighted by Gasteiger charge is -2.14. The Morgan fingerprint density at radius 3 is 2.40 bits per heavy atom. The molecule has 0 saturated carbocycles. The fourth-order valence-electron chi connectivity index (χ4n) is 2.20. The maximum absolute atomic E-state index is 12.0. The monoisotopic (exact) mass is 383 g/mol. The predicted molar refractivity (Wildman–Crippen MR) is 94.3 cm³/mol. The molecule has 0 unspecified atom stereocenters. The molecule has 0 aromatic heterocycles. The van der Waals surface area contributed by atoms with Crippen molar-refractivity contribution in [2.24, 2.45) is 0 Å². The standard InChI is InChI=1S/C16H18ClN3O4S/c1-2-8-19-14(22)15(23)20(16(19)24)10-13(21)18-7-9-25-12-5-3-11(17)4-6-12/h3-6H,2,7-10H2,1H3,(H,18,21). The summed E-state index contributed by atoms with van der Waals surface area (Å²) in [5, 5.41) is 3.29. The quantitative estimate of drug-likeness (QED) is 0.320. The van der Waals surface area contributed by atoms with Crippen LogP contribution in [-0.4, -0.2) is 58.9 Å². The van der Waals surface area contributed by atoms with Crippen molar-refractivity contribution in [3.63, 3.8) is 0 Å². The normalized spacial score (nSPS) is 14.4. The van der Waals surface area contributed by atoms with E-state index in [0.717, 1.165) is 9.80 Å². The maximum Gasteiger partial charge on any atom is 0.334 e. The van der Waals surface area contributed by atoms with Crippen molar-refractivity contribution < 1.29 is 19.2 Å². The third-order valence-electron chi connectivity index (χ3n) is 3.39. The molecule has 1 aliphatic rings. The van der Waals surface area contributed by atoms with Gasteiger partial charge in [-0.1, -0.05) is 18.5 Å². The number of rotatable bonds is 8. The Labute approximate surface area is 154 Å². The molecule has 1 N–H and O–H groups in total. The molecule has 0 spiro atoms. The van der Waals surface area contributed by atoms with E-state index >= 15 is 0 Å². The van der Waals surface area contributed by atoms with Gasteiger partial charge in [-0.15, -0.1) is 11.8 Å². The van der Waals surface area contributed by atoms with E-state index in [9.17, 15) is 19.2 Å². The zero-order valence-electron chi connectivity index (χ0n) is 13.7. The number of carbonyl (C=O) groups excluding carboxylic acids is 4.